The third kappa shape index (κ3) is 3.86. The number of amides is 1. The van der Waals surface area contributed by atoms with Crippen molar-refractivity contribution in [2.45, 2.75) is 6.42 Å². The minimum atomic E-state index is -0.199. The van der Waals surface area contributed by atoms with Gasteiger partial charge >= 0.3 is 0 Å². The minimum Gasteiger partial charge on any atom is -0.389 e. The monoisotopic (exact) mass is 285 g/mol. The topological polar surface area (TPSA) is 68.0 Å². The molecule has 0 saturated carbocycles. The van der Waals surface area contributed by atoms with E-state index in [-0.39, 0.29) is 10.9 Å². The summed E-state index contributed by atoms with van der Waals surface area (Å²) < 4.78 is 0. The number of thiocarbonyl (C=S) groups is 1. The molecule has 0 atom stereocenters. The van der Waals surface area contributed by atoms with Crippen LogP contribution in [0.15, 0.2) is 48.7 Å². The Morgan fingerprint density at radius 1 is 1.20 bits per heavy atom. The molecule has 0 spiro atoms. The molecular weight excluding hydrogens is 270 g/mol. The average molecular weight is 285 g/mol. The molecule has 5 heteroatoms. The first kappa shape index (κ1) is 14.1. The lowest BCUT2D eigenvalue weighted by Gasteiger charge is -2.05. The molecule has 20 heavy (non-hydrogen) atoms. The SMILES string of the molecule is NC(=S)c1ccc(C(=O)NCCc2ccccc2)nc1. The Bertz CT molecular complexity index is 596. The van der Waals surface area contributed by atoms with Crippen LogP contribution in [0.5, 0.6) is 0 Å². The van der Waals surface area contributed by atoms with Crippen molar-refractivity contribution in [2.24, 2.45) is 5.73 Å². The molecule has 0 saturated heterocycles. The van der Waals surface area contributed by atoms with Crippen molar-refractivity contribution < 1.29 is 4.79 Å². The van der Waals surface area contributed by atoms with Gasteiger partial charge in [0.05, 0.1) is 0 Å². The van der Waals surface area contributed by atoms with E-state index in [4.69, 9.17) is 18.0 Å². The number of carbonyl (C=O) groups is 1. The lowest BCUT2D eigenvalue weighted by molar-refractivity contribution is 0.0949. The van der Waals surface area contributed by atoms with Crippen molar-refractivity contribution in [3.05, 3.63) is 65.5 Å². The maximum atomic E-state index is 11.9. The number of carbonyl (C=O) groups excluding carboxylic acids is 1. The van der Waals surface area contributed by atoms with Crippen LogP contribution in [0, 0.1) is 0 Å². The number of nitrogens with one attached hydrogen (secondary N) is 1. The quantitative estimate of drug-likeness (QED) is 0.820. The summed E-state index contributed by atoms with van der Waals surface area (Å²) in [7, 11) is 0. The van der Waals surface area contributed by atoms with Crippen LogP contribution in [0.2, 0.25) is 0 Å². The smallest absolute Gasteiger partial charge is 0.269 e. The molecule has 1 aromatic heterocycles. The molecule has 0 aliphatic rings. The van der Waals surface area contributed by atoms with Crippen molar-refractivity contribution in [3.63, 3.8) is 0 Å². The van der Waals surface area contributed by atoms with Gasteiger partial charge < -0.3 is 11.1 Å². The van der Waals surface area contributed by atoms with Crippen LogP contribution in [-0.4, -0.2) is 22.4 Å². The molecule has 0 aliphatic carbocycles. The lowest BCUT2D eigenvalue weighted by Crippen LogP contribution is -2.26. The number of hydrogen-bond acceptors (Lipinski definition) is 3. The summed E-state index contributed by atoms with van der Waals surface area (Å²) in [5, 5.41) is 2.83. The Morgan fingerprint density at radius 3 is 2.55 bits per heavy atom. The van der Waals surface area contributed by atoms with Crippen molar-refractivity contribution in [3.8, 4) is 0 Å². The molecule has 0 unspecified atom stereocenters. The van der Waals surface area contributed by atoms with E-state index in [1.54, 1.807) is 12.1 Å². The molecule has 1 heterocycles. The standard InChI is InChI=1S/C15H15N3OS/c16-14(20)12-6-7-13(18-10-12)15(19)17-9-8-11-4-2-1-3-5-11/h1-7,10H,8-9H2,(H2,16,20)(H,17,19). The van der Waals surface area contributed by atoms with E-state index in [1.165, 1.54) is 11.8 Å². The highest BCUT2D eigenvalue weighted by atomic mass is 32.1. The molecule has 4 nitrogen and oxygen atoms in total. The van der Waals surface area contributed by atoms with Crippen LogP contribution in [0.1, 0.15) is 21.6 Å². The normalized spacial score (nSPS) is 10.0. The largest absolute Gasteiger partial charge is 0.389 e. The van der Waals surface area contributed by atoms with Crippen molar-refractivity contribution in [2.75, 3.05) is 6.54 Å². The Kier molecular flexibility index (Phi) is 4.79. The zero-order valence-corrected chi connectivity index (χ0v) is 11.7. The highest BCUT2D eigenvalue weighted by Gasteiger charge is 2.07. The van der Waals surface area contributed by atoms with Gasteiger partial charge in [-0.25, -0.2) is 0 Å². The van der Waals surface area contributed by atoms with Gasteiger partial charge in [-0.3, -0.25) is 9.78 Å². The molecule has 0 bridgehead atoms. The van der Waals surface area contributed by atoms with Crippen LogP contribution in [0.25, 0.3) is 0 Å². The molecule has 2 rings (SSSR count). The molecule has 0 fully saturated rings. The van der Waals surface area contributed by atoms with Gasteiger partial charge in [0.1, 0.15) is 10.7 Å². The second-order valence-electron chi connectivity index (χ2n) is 4.29. The van der Waals surface area contributed by atoms with Gasteiger partial charge in [-0.15, -0.1) is 0 Å². The zero-order valence-electron chi connectivity index (χ0n) is 10.9. The lowest BCUT2D eigenvalue weighted by atomic mass is 10.1. The average Bonchev–Trinajstić information content (AvgIpc) is 2.48. The van der Waals surface area contributed by atoms with Gasteiger partial charge in [-0.1, -0.05) is 42.5 Å². The summed E-state index contributed by atoms with van der Waals surface area (Å²) in [6, 6.07) is 13.3. The molecule has 102 valence electrons. The molecule has 1 aromatic carbocycles. The number of pyridine rings is 1. The van der Waals surface area contributed by atoms with Gasteiger partial charge in [-0.2, -0.15) is 0 Å². The summed E-state index contributed by atoms with van der Waals surface area (Å²) in [5.41, 5.74) is 7.67. The molecule has 2 aromatic rings. The predicted molar refractivity (Wildman–Crippen MR) is 82.6 cm³/mol. The van der Waals surface area contributed by atoms with E-state index in [2.05, 4.69) is 10.3 Å². The van der Waals surface area contributed by atoms with E-state index in [0.717, 1.165) is 6.42 Å². The number of aromatic nitrogens is 1. The Morgan fingerprint density at radius 2 is 1.95 bits per heavy atom. The van der Waals surface area contributed by atoms with E-state index >= 15 is 0 Å². The van der Waals surface area contributed by atoms with Crippen molar-refractivity contribution in [1.82, 2.24) is 10.3 Å². The first-order valence-corrected chi connectivity index (χ1v) is 6.65. The summed E-state index contributed by atoms with van der Waals surface area (Å²) in [6.07, 6.45) is 2.30. The van der Waals surface area contributed by atoms with E-state index in [0.29, 0.717) is 17.8 Å². The van der Waals surface area contributed by atoms with Crippen LogP contribution in [0.3, 0.4) is 0 Å². The number of nitrogens with two attached hydrogens (primary N) is 1. The van der Waals surface area contributed by atoms with Gasteiger partial charge in [0.15, 0.2) is 0 Å². The summed E-state index contributed by atoms with van der Waals surface area (Å²) in [4.78, 5) is 16.2. The Hall–Kier alpha value is -2.27. The van der Waals surface area contributed by atoms with Gasteiger partial charge in [-0.05, 0) is 24.1 Å². The molecule has 3 N–H and O–H groups in total. The van der Waals surface area contributed by atoms with Crippen LogP contribution < -0.4 is 11.1 Å². The highest BCUT2D eigenvalue weighted by Crippen LogP contribution is 2.01. The zero-order chi connectivity index (χ0) is 14.4. The molecule has 1 amide bonds. The van der Waals surface area contributed by atoms with Crippen molar-refractivity contribution in [1.29, 1.82) is 0 Å². The van der Waals surface area contributed by atoms with Gasteiger partial charge in [0.2, 0.25) is 0 Å². The second kappa shape index (κ2) is 6.77. The summed E-state index contributed by atoms with van der Waals surface area (Å²) in [6.45, 7) is 0.571. The molecule has 0 radical (unpaired) electrons. The highest BCUT2D eigenvalue weighted by molar-refractivity contribution is 7.80. The number of nitrogens with zero attached hydrogens (tertiary/aromatic N) is 1. The van der Waals surface area contributed by atoms with E-state index in [9.17, 15) is 4.79 Å². The number of hydrogen-bond donors (Lipinski definition) is 2. The third-order valence-electron chi connectivity index (χ3n) is 2.82. The maximum absolute atomic E-state index is 11.9. The fourth-order valence-corrected chi connectivity index (χ4v) is 1.85. The van der Waals surface area contributed by atoms with Gasteiger partial charge in [0.25, 0.3) is 5.91 Å². The predicted octanol–water partition coefficient (Wildman–Crippen LogP) is 1.69. The maximum Gasteiger partial charge on any atom is 0.269 e. The first-order chi connectivity index (χ1) is 9.66. The van der Waals surface area contributed by atoms with Gasteiger partial charge in [0, 0.05) is 18.3 Å². The molecular formula is C15H15N3OS. The van der Waals surface area contributed by atoms with Crippen LogP contribution in [0.4, 0.5) is 0 Å². The minimum absolute atomic E-state index is 0.199. The van der Waals surface area contributed by atoms with Crippen LogP contribution >= 0.6 is 12.2 Å². The first-order valence-electron chi connectivity index (χ1n) is 6.25. The second-order valence-corrected chi connectivity index (χ2v) is 4.73. The van der Waals surface area contributed by atoms with E-state index in [1.807, 2.05) is 30.3 Å². The molecule has 0 aliphatic heterocycles. The summed E-state index contributed by atoms with van der Waals surface area (Å²) >= 11 is 4.83. The van der Waals surface area contributed by atoms with E-state index < -0.39 is 0 Å². The Balaban J connectivity index is 1.87. The fraction of sp³-hybridized carbons (Fsp3) is 0.133. The Labute approximate surface area is 123 Å². The third-order valence-corrected chi connectivity index (χ3v) is 3.06. The number of benzene rings is 1. The summed E-state index contributed by atoms with van der Waals surface area (Å²) in [5.74, 6) is -0.199. The number of rotatable bonds is 5. The van der Waals surface area contributed by atoms with Crippen LogP contribution in [-0.2, 0) is 6.42 Å². The fourth-order valence-electron chi connectivity index (χ4n) is 1.73. The van der Waals surface area contributed by atoms with Crippen molar-refractivity contribution >= 4 is 23.1 Å².